The summed E-state index contributed by atoms with van der Waals surface area (Å²) in [5.41, 5.74) is 6.83. The fourth-order valence-electron chi connectivity index (χ4n) is 6.97. The molecule has 4 aromatic rings. The molecule has 2 saturated heterocycles. The van der Waals surface area contributed by atoms with Crippen molar-refractivity contribution in [3.05, 3.63) is 89.6 Å². The van der Waals surface area contributed by atoms with Crippen molar-refractivity contribution < 1.29 is 22.7 Å². The number of nitrogens with zero attached hydrogens (tertiary/aromatic N) is 3. The second-order valence-electron chi connectivity index (χ2n) is 13.1. The Balaban J connectivity index is 1.15. The number of fused-ring (bicyclic) bond motifs is 1. The minimum absolute atomic E-state index is 0.00140. The quantitative estimate of drug-likeness (QED) is 0.160. The first-order chi connectivity index (χ1) is 22.7. The van der Waals surface area contributed by atoms with Crippen LogP contribution in [0.4, 0.5) is 13.2 Å². The van der Waals surface area contributed by atoms with E-state index in [4.69, 9.17) is 0 Å². The summed E-state index contributed by atoms with van der Waals surface area (Å²) < 4.78 is 44.7. The summed E-state index contributed by atoms with van der Waals surface area (Å²) in [6.45, 7) is 9.69. The Morgan fingerprint density at radius 2 is 1.66 bits per heavy atom. The number of piperidine rings is 1. The molecule has 1 unspecified atom stereocenters. The number of unbranched alkanes of at least 4 members (excludes halogenated alkanes) is 1. The van der Waals surface area contributed by atoms with E-state index in [0.717, 1.165) is 106 Å². The van der Waals surface area contributed by atoms with Gasteiger partial charge >= 0.3 is 6.36 Å². The summed E-state index contributed by atoms with van der Waals surface area (Å²) in [4.78, 5) is 17.7. The molecule has 1 aromatic heterocycles. The third-order valence-electron chi connectivity index (χ3n) is 9.64. The highest BCUT2D eigenvalue weighted by Crippen LogP contribution is 2.34. The van der Waals surface area contributed by atoms with E-state index in [-0.39, 0.29) is 11.8 Å². The number of piperazine rings is 1. The topological polar surface area (TPSA) is 49.7 Å². The summed E-state index contributed by atoms with van der Waals surface area (Å²) in [7, 11) is 0. The normalized spacial score (nSPS) is 18.1. The Labute approximate surface area is 275 Å². The standard InChI is InChI=1S/C38H45F3N4O2/c1-28-8-2-3-9-31(28)26-44-22-20-43(21-23-44)25-29-12-17-36-33(24-29)34(30-13-15-32(16-14-30)47-38(39,40)41)27-45(36)19-7-5-11-37(46)35-10-4-6-18-42-35/h2-3,8-9,12-17,24,27,35,42H,4-7,10-11,18-23,25-26H2,1H3. The van der Waals surface area contributed by atoms with Crippen molar-refractivity contribution in [2.24, 2.45) is 0 Å². The van der Waals surface area contributed by atoms with Crippen molar-refractivity contribution in [2.45, 2.75) is 77.5 Å². The Kier molecular flexibility index (Phi) is 10.6. The van der Waals surface area contributed by atoms with Gasteiger partial charge in [-0.2, -0.15) is 0 Å². The summed E-state index contributed by atoms with van der Waals surface area (Å²) in [5.74, 6) is 0.0777. The third-order valence-corrected chi connectivity index (χ3v) is 9.64. The highest BCUT2D eigenvalue weighted by Gasteiger charge is 2.31. The highest BCUT2D eigenvalue weighted by atomic mass is 19.4. The number of carbonyl (C=O) groups excluding carboxylic acids is 1. The summed E-state index contributed by atoms with van der Waals surface area (Å²) >= 11 is 0. The van der Waals surface area contributed by atoms with Gasteiger partial charge in [-0.05, 0) is 85.7 Å². The first kappa shape index (κ1) is 33.2. The van der Waals surface area contributed by atoms with Gasteiger partial charge in [0.25, 0.3) is 0 Å². The van der Waals surface area contributed by atoms with Crippen LogP contribution >= 0.6 is 0 Å². The van der Waals surface area contributed by atoms with Gasteiger partial charge in [-0.3, -0.25) is 14.6 Å². The molecule has 0 bridgehead atoms. The molecule has 0 amide bonds. The minimum atomic E-state index is -4.73. The molecule has 0 radical (unpaired) electrons. The maximum Gasteiger partial charge on any atom is 0.573 e. The van der Waals surface area contributed by atoms with Crippen molar-refractivity contribution in [1.29, 1.82) is 0 Å². The Morgan fingerprint density at radius 3 is 2.36 bits per heavy atom. The molecule has 3 aromatic carbocycles. The van der Waals surface area contributed by atoms with Crippen molar-refractivity contribution in [3.8, 4) is 16.9 Å². The maximum absolute atomic E-state index is 12.8. The minimum Gasteiger partial charge on any atom is -0.406 e. The molecule has 0 aliphatic carbocycles. The van der Waals surface area contributed by atoms with Gasteiger partial charge in [0.2, 0.25) is 0 Å². The molecule has 0 spiro atoms. The van der Waals surface area contributed by atoms with Crippen LogP contribution in [0.1, 0.15) is 55.2 Å². The lowest BCUT2D eigenvalue weighted by Crippen LogP contribution is -2.45. The van der Waals surface area contributed by atoms with Gasteiger partial charge in [-0.1, -0.05) is 48.9 Å². The molecule has 2 fully saturated rings. The van der Waals surface area contributed by atoms with Crippen molar-refractivity contribution in [1.82, 2.24) is 19.7 Å². The van der Waals surface area contributed by atoms with Gasteiger partial charge in [0.15, 0.2) is 0 Å². The predicted molar refractivity (Wildman–Crippen MR) is 180 cm³/mol. The molecule has 1 N–H and O–H groups in total. The second kappa shape index (κ2) is 15.0. The van der Waals surface area contributed by atoms with E-state index in [2.05, 4.69) is 80.0 Å². The van der Waals surface area contributed by atoms with E-state index in [1.165, 1.54) is 28.8 Å². The molecular weight excluding hydrogens is 601 g/mol. The zero-order chi connectivity index (χ0) is 32.8. The first-order valence-corrected chi connectivity index (χ1v) is 16.9. The van der Waals surface area contributed by atoms with Crippen molar-refractivity contribution in [3.63, 3.8) is 0 Å². The predicted octanol–water partition coefficient (Wildman–Crippen LogP) is 7.71. The maximum atomic E-state index is 12.8. The number of ketones is 1. The molecule has 6 nitrogen and oxygen atoms in total. The molecule has 3 heterocycles. The number of aryl methyl sites for hydroxylation is 2. The summed E-state index contributed by atoms with van der Waals surface area (Å²) in [6.07, 6.45) is 2.82. The van der Waals surface area contributed by atoms with E-state index in [0.29, 0.717) is 12.2 Å². The van der Waals surface area contributed by atoms with E-state index in [1.54, 1.807) is 12.1 Å². The molecule has 47 heavy (non-hydrogen) atoms. The van der Waals surface area contributed by atoms with Crippen LogP contribution in [0.15, 0.2) is 72.9 Å². The molecule has 0 saturated carbocycles. The largest absolute Gasteiger partial charge is 0.573 e. The number of carbonyl (C=O) groups is 1. The van der Waals surface area contributed by atoms with Gasteiger partial charge in [0.1, 0.15) is 11.5 Å². The van der Waals surface area contributed by atoms with E-state index >= 15 is 0 Å². The van der Waals surface area contributed by atoms with Crippen LogP contribution in [-0.2, 0) is 24.4 Å². The van der Waals surface area contributed by atoms with Crippen LogP contribution in [-0.4, -0.2) is 65.3 Å². The summed E-state index contributed by atoms with van der Waals surface area (Å²) in [6, 6.07) is 21.3. The number of Topliss-reactive ketones (excluding diaryl/α,β-unsaturated/α-hetero) is 1. The number of hydrogen-bond donors (Lipinski definition) is 1. The lowest BCUT2D eigenvalue weighted by molar-refractivity contribution is -0.274. The van der Waals surface area contributed by atoms with Crippen LogP contribution < -0.4 is 10.1 Å². The van der Waals surface area contributed by atoms with Gasteiger partial charge in [0.05, 0.1) is 6.04 Å². The van der Waals surface area contributed by atoms with E-state index in [9.17, 15) is 18.0 Å². The van der Waals surface area contributed by atoms with Gasteiger partial charge in [0, 0.05) is 74.9 Å². The lowest BCUT2D eigenvalue weighted by Gasteiger charge is -2.35. The number of aromatic nitrogens is 1. The number of hydrogen-bond acceptors (Lipinski definition) is 5. The van der Waals surface area contributed by atoms with Crippen LogP contribution in [0, 0.1) is 6.92 Å². The van der Waals surface area contributed by atoms with Gasteiger partial charge < -0.3 is 14.6 Å². The average molecular weight is 647 g/mol. The fraction of sp³-hybridized carbons (Fsp3) is 0.447. The zero-order valence-corrected chi connectivity index (χ0v) is 27.2. The molecule has 250 valence electrons. The van der Waals surface area contributed by atoms with Crippen LogP contribution in [0.25, 0.3) is 22.0 Å². The van der Waals surface area contributed by atoms with Crippen LogP contribution in [0.3, 0.4) is 0 Å². The first-order valence-electron chi connectivity index (χ1n) is 16.9. The molecular formula is C38H45F3N4O2. The monoisotopic (exact) mass is 646 g/mol. The highest BCUT2D eigenvalue weighted by molar-refractivity contribution is 5.96. The lowest BCUT2D eigenvalue weighted by atomic mass is 9.98. The van der Waals surface area contributed by atoms with E-state index < -0.39 is 6.36 Å². The number of rotatable bonds is 12. The molecule has 2 aliphatic heterocycles. The Hall–Kier alpha value is -3.66. The Morgan fingerprint density at radius 1 is 0.915 bits per heavy atom. The van der Waals surface area contributed by atoms with Crippen LogP contribution in [0.2, 0.25) is 0 Å². The fourth-order valence-corrected chi connectivity index (χ4v) is 6.97. The van der Waals surface area contributed by atoms with Crippen LogP contribution in [0.5, 0.6) is 5.75 Å². The van der Waals surface area contributed by atoms with Gasteiger partial charge in [-0.25, -0.2) is 0 Å². The molecule has 9 heteroatoms. The number of halogens is 3. The number of alkyl halides is 3. The molecule has 6 rings (SSSR count). The van der Waals surface area contributed by atoms with Crippen molar-refractivity contribution >= 4 is 16.7 Å². The average Bonchev–Trinajstić information content (AvgIpc) is 3.42. The molecule has 2 aliphatic rings. The Bertz CT molecular complexity index is 1640. The van der Waals surface area contributed by atoms with Gasteiger partial charge in [-0.15, -0.1) is 13.2 Å². The second-order valence-corrected chi connectivity index (χ2v) is 13.1. The number of nitrogens with one attached hydrogen (secondary N) is 1. The smallest absolute Gasteiger partial charge is 0.406 e. The van der Waals surface area contributed by atoms with Crippen molar-refractivity contribution in [2.75, 3.05) is 32.7 Å². The third kappa shape index (κ3) is 8.83. The molecule has 1 atom stereocenters. The summed E-state index contributed by atoms with van der Waals surface area (Å²) in [5, 5.41) is 4.43. The number of ether oxygens (including phenoxy) is 1. The van der Waals surface area contributed by atoms with E-state index in [1.807, 2.05) is 0 Å². The SMILES string of the molecule is Cc1ccccc1CN1CCN(Cc2ccc3c(c2)c(-c2ccc(OC(F)(F)F)cc2)cn3CCCCC(=O)C2CCCCN2)CC1. The number of benzene rings is 3. The zero-order valence-electron chi connectivity index (χ0n) is 27.2.